The number of benzene rings is 1. The summed E-state index contributed by atoms with van der Waals surface area (Å²) in [5.74, 6) is 0.0230. The normalized spacial score (nSPS) is 12.3. The van der Waals surface area contributed by atoms with Gasteiger partial charge in [0, 0.05) is 19.7 Å². The van der Waals surface area contributed by atoms with Gasteiger partial charge in [-0.2, -0.15) is 0 Å². The highest BCUT2D eigenvalue weighted by atomic mass is 16.2. The van der Waals surface area contributed by atoms with Gasteiger partial charge in [0.1, 0.15) is 0 Å². The first kappa shape index (κ1) is 14.4. The summed E-state index contributed by atoms with van der Waals surface area (Å²) in [6, 6.07) is 8.83. The summed E-state index contributed by atoms with van der Waals surface area (Å²) in [7, 11) is 5.20. The fourth-order valence-electron chi connectivity index (χ4n) is 1.54. The molecule has 1 aromatic carbocycles. The number of hydrogen-bond donors (Lipinski definition) is 0. The number of likely N-dealkylation sites (N-methyl/N-ethyl adjacent to an activating group) is 2. The van der Waals surface area contributed by atoms with Crippen molar-refractivity contribution in [3.05, 3.63) is 35.9 Å². The lowest BCUT2D eigenvalue weighted by atomic mass is 10.0. The van der Waals surface area contributed by atoms with Gasteiger partial charge in [0.2, 0.25) is 5.91 Å². The SMILES string of the molecule is CC(C(=O)c1ccccc1)N(C)CC(=O)N(C)C. The molecular weight excluding hydrogens is 228 g/mol. The van der Waals surface area contributed by atoms with Crippen LogP contribution in [-0.4, -0.2) is 55.2 Å². The van der Waals surface area contributed by atoms with Gasteiger partial charge in [0.15, 0.2) is 5.78 Å². The van der Waals surface area contributed by atoms with Crippen LogP contribution in [0, 0.1) is 0 Å². The Morgan fingerprint density at radius 3 is 2.17 bits per heavy atom. The topological polar surface area (TPSA) is 40.6 Å². The van der Waals surface area contributed by atoms with Gasteiger partial charge >= 0.3 is 0 Å². The Hall–Kier alpha value is -1.68. The third kappa shape index (κ3) is 3.67. The van der Waals surface area contributed by atoms with E-state index in [1.54, 1.807) is 38.2 Å². The molecule has 18 heavy (non-hydrogen) atoms. The minimum absolute atomic E-state index is 0.00906. The number of nitrogens with zero attached hydrogens (tertiary/aromatic N) is 2. The van der Waals surface area contributed by atoms with Crippen LogP contribution in [0.15, 0.2) is 30.3 Å². The second-order valence-electron chi connectivity index (χ2n) is 4.61. The molecule has 0 saturated heterocycles. The van der Waals surface area contributed by atoms with E-state index in [0.29, 0.717) is 5.56 Å². The summed E-state index contributed by atoms with van der Waals surface area (Å²) in [6.45, 7) is 2.06. The Labute approximate surface area is 108 Å². The molecule has 0 aliphatic carbocycles. The molecule has 0 fully saturated rings. The summed E-state index contributed by atoms with van der Waals surface area (Å²) >= 11 is 0. The lowest BCUT2D eigenvalue weighted by molar-refractivity contribution is -0.129. The first-order valence-corrected chi connectivity index (χ1v) is 5.93. The second kappa shape index (κ2) is 6.31. The molecule has 1 unspecified atom stereocenters. The van der Waals surface area contributed by atoms with E-state index in [1.165, 1.54) is 4.90 Å². The molecule has 0 aromatic heterocycles. The van der Waals surface area contributed by atoms with Crippen LogP contribution in [-0.2, 0) is 4.79 Å². The molecule has 4 heteroatoms. The summed E-state index contributed by atoms with van der Waals surface area (Å²) in [4.78, 5) is 27.0. The van der Waals surface area contributed by atoms with Crippen LogP contribution in [0.4, 0.5) is 0 Å². The maximum absolute atomic E-state index is 12.2. The molecule has 0 aliphatic heterocycles. The van der Waals surface area contributed by atoms with Crippen LogP contribution >= 0.6 is 0 Å². The molecule has 0 heterocycles. The van der Waals surface area contributed by atoms with Gasteiger partial charge < -0.3 is 4.90 Å². The van der Waals surface area contributed by atoms with Crippen molar-refractivity contribution in [1.82, 2.24) is 9.80 Å². The Balaban J connectivity index is 2.67. The third-order valence-corrected chi connectivity index (χ3v) is 2.98. The van der Waals surface area contributed by atoms with Crippen molar-refractivity contribution in [2.24, 2.45) is 0 Å². The first-order chi connectivity index (χ1) is 8.43. The summed E-state index contributed by atoms with van der Waals surface area (Å²) in [5, 5.41) is 0. The lowest BCUT2D eigenvalue weighted by Gasteiger charge is -2.24. The maximum atomic E-state index is 12.2. The van der Waals surface area contributed by atoms with Crippen molar-refractivity contribution in [2.75, 3.05) is 27.7 Å². The monoisotopic (exact) mass is 248 g/mol. The molecule has 0 saturated carbocycles. The third-order valence-electron chi connectivity index (χ3n) is 2.98. The van der Waals surface area contributed by atoms with Gasteiger partial charge in [0.25, 0.3) is 0 Å². The predicted molar refractivity (Wildman–Crippen MR) is 71.6 cm³/mol. The molecular formula is C14H20N2O2. The molecule has 1 atom stereocenters. The number of amides is 1. The standard InChI is InChI=1S/C14H20N2O2/c1-11(16(4)10-13(17)15(2)3)14(18)12-8-6-5-7-9-12/h5-9,11H,10H2,1-4H3. The molecule has 0 bridgehead atoms. The van der Waals surface area contributed by atoms with Crippen molar-refractivity contribution < 1.29 is 9.59 Å². The minimum Gasteiger partial charge on any atom is -0.348 e. The van der Waals surface area contributed by atoms with E-state index in [9.17, 15) is 9.59 Å². The number of carbonyl (C=O) groups excluding carboxylic acids is 2. The van der Waals surface area contributed by atoms with Gasteiger partial charge in [-0.05, 0) is 14.0 Å². The van der Waals surface area contributed by atoms with Crippen molar-refractivity contribution in [3.8, 4) is 0 Å². The fraction of sp³-hybridized carbons (Fsp3) is 0.429. The van der Waals surface area contributed by atoms with Crippen LogP contribution < -0.4 is 0 Å². The van der Waals surface area contributed by atoms with Gasteiger partial charge in [-0.3, -0.25) is 14.5 Å². The average molecular weight is 248 g/mol. The van der Waals surface area contributed by atoms with Crippen molar-refractivity contribution in [1.29, 1.82) is 0 Å². The number of hydrogen-bond acceptors (Lipinski definition) is 3. The van der Waals surface area contributed by atoms with Crippen molar-refractivity contribution in [2.45, 2.75) is 13.0 Å². The molecule has 0 N–H and O–H groups in total. The highest BCUT2D eigenvalue weighted by Gasteiger charge is 2.21. The predicted octanol–water partition coefficient (Wildman–Crippen LogP) is 1.28. The summed E-state index contributed by atoms with van der Waals surface area (Å²) < 4.78 is 0. The van der Waals surface area contributed by atoms with E-state index in [1.807, 2.05) is 25.1 Å². The van der Waals surface area contributed by atoms with Crippen LogP contribution in [0.1, 0.15) is 17.3 Å². The molecule has 98 valence electrons. The Bertz CT molecular complexity index is 415. The Morgan fingerprint density at radius 1 is 1.11 bits per heavy atom. The number of carbonyl (C=O) groups is 2. The van der Waals surface area contributed by atoms with E-state index >= 15 is 0 Å². The Kier molecular flexibility index (Phi) is 5.04. The van der Waals surface area contributed by atoms with Crippen molar-refractivity contribution >= 4 is 11.7 Å². The van der Waals surface area contributed by atoms with E-state index in [-0.39, 0.29) is 24.3 Å². The molecule has 1 aromatic rings. The van der Waals surface area contributed by atoms with Crippen LogP contribution in [0.5, 0.6) is 0 Å². The number of Topliss-reactive ketones (excluding diaryl/α,β-unsaturated/α-hetero) is 1. The van der Waals surface area contributed by atoms with Gasteiger partial charge in [0.05, 0.1) is 12.6 Å². The molecule has 0 spiro atoms. The lowest BCUT2D eigenvalue weighted by Crippen LogP contribution is -2.42. The van der Waals surface area contributed by atoms with Crippen LogP contribution in [0.3, 0.4) is 0 Å². The second-order valence-corrected chi connectivity index (χ2v) is 4.61. The van der Waals surface area contributed by atoms with E-state index in [0.717, 1.165) is 0 Å². The molecule has 0 aliphatic rings. The zero-order valence-electron chi connectivity index (χ0n) is 11.4. The first-order valence-electron chi connectivity index (χ1n) is 5.93. The van der Waals surface area contributed by atoms with E-state index < -0.39 is 0 Å². The van der Waals surface area contributed by atoms with Gasteiger partial charge in [-0.1, -0.05) is 30.3 Å². The average Bonchev–Trinajstić information content (AvgIpc) is 2.37. The van der Waals surface area contributed by atoms with E-state index in [2.05, 4.69) is 0 Å². The highest BCUT2D eigenvalue weighted by Crippen LogP contribution is 2.07. The fourth-order valence-corrected chi connectivity index (χ4v) is 1.54. The maximum Gasteiger partial charge on any atom is 0.236 e. The molecule has 1 rings (SSSR count). The van der Waals surface area contributed by atoms with Crippen molar-refractivity contribution in [3.63, 3.8) is 0 Å². The van der Waals surface area contributed by atoms with E-state index in [4.69, 9.17) is 0 Å². The zero-order chi connectivity index (χ0) is 13.7. The van der Waals surface area contributed by atoms with Gasteiger partial charge in [-0.15, -0.1) is 0 Å². The quantitative estimate of drug-likeness (QED) is 0.737. The molecule has 4 nitrogen and oxygen atoms in total. The molecule has 1 amide bonds. The number of ketones is 1. The summed E-state index contributed by atoms with van der Waals surface area (Å²) in [6.07, 6.45) is 0. The Morgan fingerprint density at radius 2 is 1.67 bits per heavy atom. The summed E-state index contributed by atoms with van der Waals surface area (Å²) in [5.41, 5.74) is 0.675. The van der Waals surface area contributed by atoms with Crippen LogP contribution in [0.25, 0.3) is 0 Å². The zero-order valence-corrected chi connectivity index (χ0v) is 11.4. The number of rotatable bonds is 5. The molecule has 0 radical (unpaired) electrons. The highest BCUT2D eigenvalue weighted by molar-refractivity contribution is 6.00. The van der Waals surface area contributed by atoms with Crippen LogP contribution in [0.2, 0.25) is 0 Å². The minimum atomic E-state index is -0.309. The largest absolute Gasteiger partial charge is 0.348 e. The van der Waals surface area contributed by atoms with Gasteiger partial charge in [-0.25, -0.2) is 0 Å². The smallest absolute Gasteiger partial charge is 0.236 e.